The van der Waals surface area contributed by atoms with E-state index in [1.165, 1.54) is 77.7 Å². The van der Waals surface area contributed by atoms with Crippen LogP contribution in [0.1, 0.15) is 111 Å². The highest BCUT2D eigenvalue weighted by Gasteiger charge is 2.23. The molecule has 1 amide bonds. The van der Waals surface area contributed by atoms with Gasteiger partial charge in [-0.05, 0) is 18.8 Å². The molecule has 0 heterocycles. The van der Waals surface area contributed by atoms with Crippen molar-refractivity contribution in [1.82, 2.24) is 5.32 Å². The number of hydrogen-bond donors (Lipinski definition) is 1. The Morgan fingerprint density at radius 3 is 1.68 bits per heavy atom. The zero-order valence-electron chi connectivity index (χ0n) is 18.9. The highest BCUT2D eigenvalue weighted by Crippen LogP contribution is 2.13. The van der Waals surface area contributed by atoms with Crippen molar-refractivity contribution in [1.29, 1.82) is 0 Å². The molecule has 0 aromatic carbocycles. The van der Waals surface area contributed by atoms with Crippen molar-refractivity contribution in [2.45, 2.75) is 117 Å². The number of hydrogen-bond acceptors (Lipinski definition) is 4. The molecule has 0 saturated heterocycles. The first-order chi connectivity index (χ1) is 13.5. The highest BCUT2D eigenvalue weighted by molar-refractivity contribution is 5.81. The molecule has 0 radical (unpaired) electrons. The summed E-state index contributed by atoms with van der Waals surface area (Å²) in [5, 5.41) is 2.56. The smallest absolute Gasteiger partial charge is 0.407 e. The number of carbonyl (C=O) groups is 2. The van der Waals surface area contributed by atoms with Gasteiger partial charge in [-0.15, -0.1) is 0 Å². The van der Waals surface area contributed by atoms with Crippen LogP contribution in [-0.2, 0) is 14.3 Å². The van der Waals surface area contributed by atoms with Crippen LogP contribution in [0, 0.1) is 5.92 Å². The first-order valence-electron chi connectivity index (χ1n) is 11.5. The topological polar surface area (TPSA) is 64.6 Å². The Morgan fingerprint density at radius 1 is 0.786 bits per heavy atom. The molecular weight excluding hydrogens is 354 g/mol. The minimum Gasteiger partial charge on any atom is -0.464 e. The Bertz CT molecular complexity index is 385. The van der Waals surface area contributed by atoms with E-state index >= 15 is 0 Å². The Balaban J connectivity index is 3.59. The van der Waals surface area contributed by atoms with Crippen LogP contribution in [0.15, 0.2) is 0 Å². The van der Waals surface area contributed by atoms with Crippen LogP contribution >= 0.6 is 0 Å². The first kappa shape index (κ1) is 26.7. The zero-order chi connectivity index (χ0) is 21.0. The highest BCUT2D eigenvalue weighted by atomic mass is 16.5. The van der Waals surface area contributed by atoms with Crippen molar-refractivity contribution in [3.63, 3.8) is 0 Å². The summed E-state index contributed by atoms with van der Waals surface area (Å²) >= 11 is 0. The average molecular weight is 400 g/mol. The fourth-order valence-electron chi connectivity index (χ4n) is 3.28. The lowest BCUT2D eigenvalue weighted by molar-refractivity contribution is -0.146. The molecule has 166 valence electrons. The number of methoxy groups -OCH3 is 1. The standard InChI is InChI=1S/C23H45NO4/c1-5-6-7-8-9-10-11-12-13-14-15-16-17-18-28-22(25)21(19-20(2)3)24-23(26)27-4/h20-21H,5-19H2,1-4H3,(H,24,26). The van der Waals surface area contributed by atoms with Gasteiger partial charge in [0.15, 0.2) is 0 Å². The monoisotopic (exact) mass is 399 g/mol. The summed E-state index contributed by atoms with van der Waals surface area (Å²) in [6.07, 6.45) is 16.7. The van der Waals surface area contributed by atoms with Gasteiger partial charge in [0.1, 0.15) is 6.04 Å². The number of esters is 1. The van der Waals surface area contributed by atoms with Gasteiger partial charge in [-0.2, -0.15) is 0 Å². The second-order valence-electron chi connectivity index (χ2n) is 8.23. The van der Waals surface area contributed by atoms with Crippen LogP contribution in [0.4, 0.5) is 4.79 Å². The molecule has 0 bridgehead atoms. The molecule has 1 atom stereocenters. The lowest BCUT2D eigenvalue weighted by Gasteiger charge is -2.18. The van der Waals surface area contributed by atoms with Gasteiger partial charge in [0.05, 0.1) is 13.7 Å². The van der Waals surface area contributed by atoms with Gasteiger partial charge in [0.25, 0.3) is 0 Å². The van der Waals surface area contributed by atoms with E-state index in [9.17, 15) is 9.59 Å². The molecular formula is C23H45NO4. The molecule has 0 spiro atoms. The quantitative estimate of drug-likeness (QED) is 0.214. The summed E-state index contributed by atoms with van der Waals surface area (Å²) < 4.78 is 9.92. The minimum atomic E-state index is -0.630. The van der Waals surface area contributed by atoms with E-state index in [1.807, 2.05) is 13.8 Å². The van der Waals surface area contributed by atoms with Crippen LogP contribution in [0.3, 0.4) is 0 Å². The van der Waals surface area contributed by atoms with Crippen LogP contribution < -0.4 is 5.32 Å². The summed E-state index contributed by atoms with van der Waals surface area (Å²) in [6.45, 7) is 6.70. The van der Waals surface area contributed by atoms with E-state index in [1.54, 1.807) is 0 Å². The molecule has 0 fully saturated rings. The van der Waals surface area contributed by atoms with Gasteiger partial charge in [-0.1, -0.05) is 97.8 Å². The SMILES string of the molecule is CCCCCCCCCCCCCCCOC(=O)C(CC(C)C)NC(=O)OC. The van der Waals surface area contributed by atoms with Crippen molar-refractivity contribution >= 4 is 12.1 Å². The Hall–Kier alpha value is -1.26. The number of nitrogens with one attached hydrogen (secondary N) is 1. The third-order valence-corrected chi connectivity index (χ3v) is 4.96. The van der Waals surface area contributed by atoms with Crippen molar-refractivity contribution < 1.29 is 19.1 Å². The van der Waals surface area contributed by atoms with E-state index in [-0.39, 0.29) is 11.9 Å². The third-order valence-electron chi connectivity index (χ3n) is 4.96. The Labute approximate surface area is 173 Å². The number of alkyl carbamates (subject to hydrolysis) is 1. The molecule has 28 heavy (non-hydrogen) atoms. The van der Waals surface area contributed by atoms with E-state index in [0.717, 1.165) is 12.8 Å². The maximum absolute atomic E-state index is 12.2. The van der Waals surface area contributed by atoms with Crippen molar-refractivity contribution in [2.75, 3.05) is 13.7 Å². The normalized spacial score (nSPS) is 12.0. The van der Waals surface area contributed by atoms with Gasteiger partial charge >= 0.3 is 12.1 Å². The predicted molar refractivity (Wildman–Crippen MR) is 115 cm³/mol. The number of rotatable bonds is 18. The maximum atomic E-state index is 12.2. The number of carbonyl (C=O) groups excluding carboxylic acids is 2. The summed E-state index contributed by atoms with van der Waals surface area (Å²) in [5.74, 6) is -0.0796. The number of ether oxygens (including phenoxy) is 2. The third kappa shape index (κ3) is 16.9. The van der Waals surface area contributed by atoms with Crippen LogP contribution in [0.5, 0.6) is 0 Å². The number of unbranched alkanes of at least 4 members (excludes halogenated alkanes) is 12. The molecule has 1 N–H and O–H groups in total. The lowest BCUT2D eigenvalue weighted by Crippen LogP contribution is -2.42. The minimum absolute atomic E-state index is 0.283. The Morgan fingerprint density at radius 2 is 1.25 bits per heavy atom. The van der Waals surface area contributed by atoms with E-state index in [2.05, 4.69) is 17.0 Å². The van der Waals surface area contributed by atoms with Crippen molar-refractivity contribution in [3.05, 3.63) is 0 Å². The molecule has 0 aliphatic rings. The molecule has 5 nitrogen and oxygen atoms in total. The van der Waals surface area contributed by atoms with Gasteiger partial charge in [0, 0.05) is 0 Å². The molecule has 0 saturated carbocycles. The zero-order valence-corrected chi connectivity index (χ0v) is 18.9. The van der Waals surface area contributed by atoms with Crippen LogP contribution in [0.2, 0.25) is 0 Å². The van der Waals surface area contributed by atoms with Gasteiger partial charge in [0.2, 0.25) is 0 Å². The second-order valence-corrected chi connectivity index (χ2v) is 8.23. The largest absolute Gasteiger partial charge is 0.464 e. The molecule has 0 aliphatic carbocycles. The van der Waals surface area contributed by atoms with E-state index in [4.69, 9.17) is 4.74 Å². The van der Waals surface area contributed by atoms with Gasteiger partial charge in [-0.3, -0.25) is 0 Å². The van der Waals surface area contributed by atoms with Crippen molar-refractivity contribution in [3.8, 4) is 0 Å². The van der Waals surface area contributed by atoms with E-state index in [0.29, 0.717) is 13.0 Å². The van der Waals surface area contributed by atoms with Crippen LogP contribution in [0.25, 0.3) is 0 Å². The molecule has 0 aromatic rings. The fraction of sp³-hybridized carbons (Fsp3) is 0.913. The molecule has 1 unspecified atom stereocenters. The Kier molecular flexibility index (Phi) is 18.2. The number of amides is 1. The maximum Gasteiger partial charge on any atom is 0.407 e. The second kappa shape index (κ2) is 19.1. The van der Waals surface area contributed by atoms with Gasteiger partial charge < -0.3 is 14.8 Å². The molecule has 0 aromatic heterocycles. The summed E-state index contributed by atoms with van der Waals surface area (Å²) in [5.41, 5.74) is 0. The average Bonchev–Trinajstić information content (AvgIpc) is 2.67. The van der Waals surface area contributed by atoms with Crippen molar-refractivity contribution in [2.24, 2.45) is 5.92 Å². The fourth-order valence-corrected chi connectivity index (χ4v) is 3.28. The molecule has 5 heteroatoms. The summed E-state index contributed by atoms with van der Waals surface area (Å²) in [4.78, 5) is 23.5. The molecule has 0 aliphatic heterocycles. The van der Waals surface area contributed by atoms with Gasteiger partial charge in [-0.25, -0.2) is 9.59 Å². The summed E-state index contributed by atoms with van der Waals surface area (Å²) in [7, 11) is 1.29. The summed E-state index contributed by atoms with van der Waals surface area (Å²) in [6, 6.07) is -0.630. The first-order valence-corrected chi connectivity index (χ1v) is 11.5. The molecule has 0 rings (SSSR count). The lowest BCUT2D eigenvalue weighted by atomic mass is 10.0. The predicted octanol–water partition coefficient (Wildman–Crippen LogP) is 6.39. The van der Waals surface area contributed by atoms with E-state index < -0.39 is 12.1 Å². The van der Waals surface area contributed by atoms with Crippen LogP contribution in [-0.4, -0.2) is 31.8 Å².